The molecule has 29 heavy (non-hydrogen) atoms. The maximum atomic E-state index is 14.2. The Hall–Kier alpha value is -2.66. The quantitative estimate of drug-likeness (QED) is 0.719. The fourth-order valence-electron chi connectivity index (χ4n) is 3.23. The summed E-state index contributed by atoms with van der Waals surface area (Å²) < 4.78 is 73.4. The zero-order chi connectivity index (χ0) is 20.8. The van der Waals surface area contributed by atoms with Gasteiger partial charge in [0.05, 0.1) is 27.2 Å². The van der Waals surface area contributed by atoms with Crippen LogP contribution in [-0.4, -0.2) is 46.3 Å². The largest absolute Gasteiger partial charge is 0.454 e. The highest BCUT2D eigenvalue weighted by atomic mass is 32.2. The van der Waals surface area contributed by atoms with Crippen LogP contribution in [0.4, 0.5) is 10.1 Å². The monoisotopic (exact) mass is 441 g/mol. The second-order valence-electron chi connectivity index (χ2n) is 6.73. The Bertz CT molecular complexity index is 1210. The van der Waals surface area contributed by atoms with Gasteiger partial charge >= 0.3 is 0 Å². The van der Waals surface area contributed by atoms with Crippen molar-refractivity contribution in [1.82, 2.24) is 0 Å². The number of carbonyl (C=O) groups excluding carboxylic acids is 1. The number of hydrogen-bond donors (Lipinski definition) is 1. The molecule has 8 nitrogen and oxygen atoms in total. The molecule has 2 aromatic rings. The number of rotatable bonds is 4. The van der Waals surface area contributed by atoms with Gasteiger partial charge in [0, 0.05) is 11.8 Å². The Kier molecular flexibility index (Phi) is 4.74. The van der Waals surface area contributed by atoms with Crippen LogP contribution in [-0.2, 0) is 19.7 Å². The highest BCUT2D eigenvalue weighted by molar-refractivity contribution is 7.96. The van der Waals surface area contributed by atoms with Gasteiger partial charge in [0.25, 0.3) is 5.91 Å². The summed E-state index contributed by atoms with van der Waals surface area (Å²) in [7, 11) is -7.45. The summed E-state index contributed by atoms with van der Waals surface area (Å²) in [5, 5.41) is 1.38. The smallest absolute Gasteiger partial charge is 0.258 e. The van der Waals surface area contributed by atoms with E-state index in [4.69, 9.17) is 9.47 Å². The first kappa shape index (κ1) is 19.6. The SMILES string of the molecule is O=C(Nc1ccc2c(c1)OCO2)c1cc(S(=O)(=O)[C@H]2CCS(=O)(=O)C2)ccc1F. The molecule has 1 saturated heterocycles. The van der Waals surface area contributed by atoms with Gasteiger partial charge in [0.2, 0.25) is 6.79 Å². The third kappa shape index (κ3) is 3.79. The highest BCUT2D eigenvalue weighted by Crippen LogP contribution is 2.34. The van der Waals surface area contributed by atoms with E-state index in [1.54, 1.807) is 6.07 Å². The summed E-state index contributed by atoms with van der Waals surface area (Å²) in [5.74, 6) is -1.52. The zero-order valence-corrected chi connectivity index (χ0v) is 16.6. The summed E-state index contributed by atoms with van der Waals surface area (Å²) >= 11 is 0. The molecular formula is C18H16FNO7S2. The first-order chi connectivity index (χ1) is 13.7. The van der Waals surface area contributed by atoms with E-state index in [9.17, 15) is 26.0 Å². The van der Waals surface area contributed by atoms with Crippen molar-refractivity contribution in [2.75, 3.05) is 23.6 Å². The highest BCUT2D eigenvalue weighted by Gasteiger charge is 2.38. The lowest BCUT2D eigenvalue weighted by Gasteiger charge is -2.12. The minimum atomic E-state index is -4.03. The van der Waals surface area contributed by atoms with Crippen molar-refractivity contribution in [3.05, 3.63) is 47.8 Å². The van der Waals surface area contributed by atoms with E-state index in [0.29, 0.717) is 17.2 Å². The molecule has 1 N–H and O–H groups in total. The number of ether oxygens (including phenoxy) is 2. The molecule has 0 spiro atoms. The Morgan fingerprint density at radius 2 is 1.86 bits per heavy atom. The number of fused-ring (bicyclic) bond motifs is 1. The van der Waals surface area contributed by atoms with Crippen molar-refractivity contribution in [2.24, 2.45) is 0 Å². The van der Waals surface area contributed by atoms with Crippen molar-refractivity contribution in [3.63, 3.8) is 0 Å². The van der Waals surface area contributed by atoms with Crippen LogP contribution in [0.25, 0.3) is 0 Å². The van der Waals surface area contributed by atoms with Crippen LogP contribution in [0.15, 0.2) is 41.3 Å². The van der Waals surface area contributed by atoms with E-state index in [0.717, 1.165) is 18.2 Å². The van der Waals surface area contributed by atoms with Gasteiger partial charge in [-0.05, 0) is 36.8 Å². The third-order valence-electron chi connectivity index (χ3n) is 4.77. The molecule has 11 heteroatoms. The van der Waals surface area contributed by atoms with E-state index in [2.05, 4.69) is 5.32 Å². The van der Waals surface area contributed by atoms with Crippen LogP contribution < -0.4 is 14.8 Å². The Labute approximate surface area is 166 Å². The van der Waals surface area contributed by atoms with E-state index in [1.165, 1.54) is 12.1 Å². The van der Waals surface area contributed by atoms with Crippen LogP contribution in [0.1, 0.15) is 16.8 Å². The molecule has 2 heterocycles. The second-order valence-corrected chi connectivity index (χ2v) is 11.2. The van der Waals surface area contributed by atoms with E-state index in [-0.39, 0.29) is 23.9 Å². The predicted molar refractivity (Wildman–Crippen MR) is 101 cm³/mol. The molecule has 2 aromatic carbocycles. The number of anilines is 1. The molecule has 4 rings (SSSR count). The van der Waals surface area contributed by atoms with Crippen molar-refractivity contribution in [1.29, 1.82) is 0 Å². The van der Waals surface area contributed by atoms with Gasteiger partial charge in [0.15, 0.2) is 31.2 Å². The van der Waals surface area contributed by atoms with Gasteiger partial charge in [-0.2, -0.15) is 0 Å². The van der Waals surface area contributed by atoms with Crippen LogP contribution in [0, 0.1) is 5.82 Å². The lowest BCUT2D eigenvalue weighted by atomic mass is 10.2. The molecule has 2 aliphatic heterocycles. The molecule has 0 aliphatic carbocycles. The molecule has 2 aliphatic rings. The first-order valence-electron chi connectivity index (χ1n) is 8.61. The fraction of sp³-hybridized carbons (Fsp3) is 0.278. The number of amides is 1. The number of sulfone groups is 2. The van der Waals surface area contributed by atoms with Crippen LogP contribution in [0.5, 0.6) is 11.5 Å². The number of carbonyl (C=O) groups is 1. The fourth-order valence-corrected chi connectivity index (χ4v) is 7.61. The van der Waals surface area contributed by atoms with Crippen molar-refractivity contribution < 1.29 is 35.5 Å². The van der Waals surface area contributed by atoms with E-state index < -0.39 is 48.0 Å². The van der Waals surface area contributed by atoms with Crippen LogP contribution >= 0.6 is 0 Å². The van der Waals surface area contributed by atoms with Crippen molar-refractivity contribution in [2.45, 2.75) is 16.6 Å². The Morgan fingerprint density at radius 3 is 2.59 bits per heavy atom. The molecular weight excluding hydrogens is 425 g/mol. The summed E-state index contributed by atoms with van der Waals surface area (Å²) in [6.07, 6.45) is -0.0270. The van der Waals surface area contributed by atoms with Gasteiger partial charge in [-0.1, -0.05) is 0 Å². The molecule has 0 bridgehead atoms. The topological polar surface area (TPSA) is 116 Å². The van der Waals surface area contributed by atoms with Crippen molar-refractivity contribution >= 4 is 31.3 Å². The molecule has 0 radical (unpaired) electrons. The van der Waals surface area contributed by atoms with Crippen molar-refractivity contribution in [3.8, 4) is 11.5 Å². The maximum absolute atomic E-state index is 14.2. The summed E-state index contributed by atoms with van der Waals surface area (Å²) in [6, 6.07) is 7.46. The van der Waals surface area contributed by atoms with E-state index in [1.807, 2.05) is 0 Å². The third-order valence-corrected chi connectivity index (χ3v) is 8.94. The first-order valence-corrected chi connectivity index (χ1v) is 12.0. The molecule has 0 unspecified atom stereocenters. The van der Waals surface area contributed by atoms with Crippen LogP contribution in [0.2, 0.25) is 0 Å². The van der Waals surface area contributed by atoms with Gasteiger partial charge in [0.1, 0.15) is 5.82 Å². The summed E-state index contributed by atoms with van der Waals surface area (Å²) in [6.45, 7) is 0.0537. The molecule has 0 aromatic heterocycles. The van der Waals surface area contributed by atoms with Gasteiger partial charge in [-0.15, -0.1) is 0 Å². The zero-order valence-electron chi connectivity index (χ0n) is 14.9. The average molecular weight is 441 g/mol. The molecule has 1 fully saturated rings. The molecule has 1 atom stereocenters. The minimum Gasteiger partial charge on any atom is -0.454 e. The predicted octanol–water partition coefficient (Wildman–Crippen LogP) is 1.77. The van der Waals surface area contributed by atoms with Gasteiger partial charge in [-0.25, -0.2) is 21.2 Å². The van der Waals surface area contributed by atoms with Gasteiger partial charge in [-0.3, -0.25) is 4.79 Å². The van der Waals surface area contributed by atoms with Crippen LogP contribution in [0.3, 0.4) is 0 Å². The number of hydrogen-bond acceptors (Lipinski definition) is 7. The van der Waals surface area contributed by atoms with Gasteiger partial charge < -0.3 is 14.8 Å². The number of nitrogens with one attached hydrogen (secondary N) is 1. The Balaban J connectivity index is 1.60. The summed E-state index contributed by atoms with van der Waals surface area (Å²) in [5.41, 5.74) is -0.154. The molecule has 0 saturated carbocycles. The number of halogens is 1. The standard InChI is InChI=1S/C18H16FNO7S2/c19-15-3-2-12(29(24,25)13-5-6-28(22,23)9-13)8-14(15)18(21)20-11-1-4-16-17(7-11)27-10-26-16/h1-4,7-8,13H,5-6,9-10H2,(H,20,21)/t13-/m0/s1. The number of benzene rings is 2. The second kappa shape index (κ2) is 6.99. The molecule has 154 valence electrons. The Morgan fingerprint density at radius 1 is 1.10 bits per heavy atom. The normalized spacial score (nSPS) is 19.8. The lowest BCUT2D eigenvalue weighted by molar-refractivity contribution is 0.102. The van der Waals surface area contributed by atoms with E-state index >= 15 is 0 Å². The summed E-state index contributed by atoms with van der Waals surface area (Å²) in [4.78, 5) is 12.2. The minimum absolute atomic E-state index is 0.0270. The molecule has 1 amide bonds. The maximum Gasteiger partial charge on any atom is 0.258 e. The average Bonchev–Trinajstić information content (AvgIpc) is 3.27. The lowest BCUT2D eigenvalue weighted by Crippen LogP contribution is -2.23.